The second-order valence-electron chi connectivity index (χ2n) is 16.9. The molecule has 2 heteroatoms. The molecule has 2 nitrogen and oxygen atoms in total. The summed E-state index contributed by atoms with van der Waals surface area (Å²) in [6.07, 6.45) is 0. The van der Waals surface area contributed by atoms with E-state index in [9.17, 15) is 0 Å². The first kappa shape index (κ1) is 38.9. The standard InChI is InChI=1S/C64H44N2/c1-2-13-45(14-3-1)48-31-37-56(38-32-48)65(58-41-35-50(36-42-58)53-17-12-18-54(43-53)55-30-27-46-15-4-5-16-52(46)44-55)57-39-33-49(34-40-57)47-25-28-51(29-26-47)59-19-6-9-22-62(59)66-63-23-10-7-20-60(63)61-21-8-11-24-64(61)66/h1-44H. The van der Waals surface area contributed by atoms with Crippen molar-refractivity contribution in [2.45, 2.75) is 0 Å². The third-order valence-electron chi connectivity index (χ3n) is 13.0. The van der Waals surface area contributed by atoms with Crippen molar-refractivity contribution in [3.05, 3.63) is 267 Å². The molecule has 0 spiro atoms. The van der Waals surface area contributed by atoms with Gasteiger partial charge in [0.25, 0.3) is 0 Å². The first-order valence-electron chi connectivity index (χ1n) is 22.7. The van der Waals surface area contributed by atoms with Gasteiger partial charge in [-0.3, -0.25) is 0 Å². The van der Waals surface area contributed by atoms with Gasteiger partial charge in [-0.1, -0.05) is 200 Å². The Bertz CT molecular complexity index is 3610. The Hall–Kier alpha value is -8.72. The van der Waals surface area contributed by atoms with E-state index in [0.29, 0.717) is 0 Å². The third kappa shape index (κ3) is 7.21. The van der Waals surface area contributed by atoms with Gasteiger partial charge in [0.05, 0.1) is 16.7 Å². The van der Waals surface area contributed by atoms with Gasteiger partial charge in [-0.25, -0.2) is 0 Å². The largest absolute Gasteiger partial charge is 0.311 e. The van der Waals surface area contributed by atoms with Crippen LogP contribution in [0.2, 0.25) is 0 Å². The summed E-state index contributed by atoms with van der Waals surface area (Å²) in [6.45, 7) is 0. The molecule has 12 rings (SSSR count). The van der Waals surface area contributed by atoms with Gasteiger partial charge < -0.3 is 9.47 Å². The zero-order chi connectivity index (χ0) is 43.8. The van der Waals surface area contributed by atoms with Crippen molar-refractivity contribution in [2.24, 2.45) is 0 Å². The molecule has 0 saturated heterocycles. The molecule has 12 aromatic rings. The summed E-state index contributed by atoms with van der Waals surface area (Å²) in [4.78, 5) is 2.35. The third-order valence-corrected chi connectivity index (χ3v) is 13.0. The average Bonchev–Trinajstić information content (AvgIpc) is 3.74. The number of aromatic nitrogens is 1. The van der Waals surface area contributed by atoms with Crippen LogP contribution in [-0.2, 0) is 0 Å². The van der Waals surface area contributed by atoms with Gasteiger partial charge in [0.1, 0.15) is 0 Å². The normalized spacial score (nSPS) is 11.3. The lowest BCUT2D eigenvalue weighted by Gasteiger charge is -2.26. The van der Waals surface area contributed by atoms with E-state index in [1.165, 1.54) is 93.9 Å². The van der Waals surface area contributed by atoms with Crippen molar-refractivity contribution >= 4 is 49.6 Å². The Morgan fingerprint density at radius 2 is 0.636 bits per heavy atom. The van der Waals surface area contributed by atoms with E-state index in [1.54, 1.807) is 0 Å². The van der Waals surface area contributed by atoms with Gasteiger partial charge in [-0.05, 0) is 128 Å². The van der Waals surface area contributed by atoms with Crippen molar-refractivity contribution in [3.8, 4) is 61.3 Å². The molecule has 0 N–H and O–H groups in total. The molecule has 0 unspecified atom stereocenters. The second-order valence-corrected chi connectivity index (χ2v) is 16.9. The maximum Gasteiger partial charge on any atom is 0.0541 e. The molecule has 11 aromatic carbocycles. The molecule has 0 radical (unpaired) electrons. The molecular formula is C64H44N2. The number of nitrogens with zero attached hydrogens (tertiary/aromatic N) is 2. The molecule has 1 aromatic heterocycles. The molecule has 0 fully saturated rings. The van der Waals surface area contributed by atoms with Gasteiger partial charge in [0.2, 0.25) is 0 Å². The fourth-order valence-corrected chi connectivity index (χ4v) is 9.67. The number of hydrogen-bond donors (Lipinski definition) is 0. The van der Waals surface area contributed by atoms with Gasteiger partial charge in [-0.15, -0.1) is 0 Å². The predicted molar refractivity (Wildman–Crippen MR) is 280 cm³/mol. The summed E-state index contributed by atoms with van der Waals surface area (Å²) in [6, 6.07) is 96.7. The van der Waals surface area contributed by atoms with Crippen LogP contribution in [0.15, 0.2) is 267 Å². The molecular weight excluding hydrogens is 797 g/mol. The van der Waals surface area contributed by atoms with Crippen molar-refractivity contribution in [3.63, 3.8) is 0 Å². The molecule has 0 bridgehead atoms. The molecule has 0 atom stereocenters. The van der Waals surface area contributed by atoms with Crippen molar-refractivity contribution in [2.75, 3.05) is 4.90 Å². The van der Waals surface area contributed by atoms with Crippen molar-refractivity contribution < 1.29 is 0 Å². The van der Waals surface area contributed by atoms with E-state index >= 15 is 0 Å². The minimum atomic E-state index is 1.09. The molecule has 66 heavy (non-hydrogen) atoms. The quantitative estimate of drug-likeness (QED) is 0.141. The number of hydrogen-bond acceptors (Lipinski definition) is 1. The lowest BCUT2D eigenvalue weighted by atomic mass is 9.97. The summed E-state index contributed by atoms with van der Waals surface area (Å²) in [7, 11) is 0. The van der Waals surface area contributed by atoms with Crippen LogP contribution >= 0.6 is 0 Å². The highest BCUT2D eigenvalue weighted by Crippen LogP contribution is 2.40. The van der Waals surface area contributed by atoms with E-state index in [1.807, 2.05) is 0 Å². The highest BCUT2D eigenvalue weighted by atomic mass is 15.1. The van der Waals surface area contributed by atoms with E-state index in [0.717, 1.165) is 17.1 Å². The number of fused-ring (bicyclic) bond motifs is 4. The van der Waals surface area contributed by atoms with E-state index in [4.69, 9.17) is 0 Å². The first-order chi connectivity index (χ1) is 32.7. The highest BCUT2D eigenvalue weighted by Gasteiger charge is 2.17. The lowest BCUT2D eigenvalue weighted by Crippen LogP contribution is -2.09. The lowest BCUT2D eigenvalue weighted by molar-refractivity contribution is 1.18. The van der Waals surface area contributed by atoms with Crippen molar-refractivity contribution in [1.29, 1.82) is 0 Å². The minimum absolute atomic E-state index is 1.09. The Morgan fingerprint density at radius 1 is 0.242 bits per heavy atom. The molecule has 310 valence electrons. The van der Waals surface area contributed by atoms with Gasteiger partial charge >= 0.3 is 0 Å². The van der Waals surface area contributed by atoms with Crippen LogP contribution in [0.5, 0.6) is 0 Å². The Kier molecular flexibility index (Phi) is 9.89. The molecule has 0 amide bonds. The van der Waals surface area contributed by atoms with Crippen molar-refractivity contribution in [1.82, 2.24) is 4.57 Å². The number of anilines is 3. The molecule has 0 aliphatic rings. The molecule has 1 heterocycles. The summed E-state index contributed by atoms with van der Waals surface area (Å²) in [5.41, 5.74) is 18.8. The Morgan fingerprint density at radius 3 is 1.24 bits per heavy atom. The monoisotopic (exact) mass is 840 g/mol. The number of para-hydroxylation sites is 3. The van der Waals surface area contributed by atoms with Gasteiger partial charge in [0, 0.05) is 33.4 Å². The van der Waals surface area contributed by atoms with Gasteiger partial charge in [0.15, 0.2) is 0 Å². The fraction of sp³-hybridized carbons (Fsp3) is 0. The smallest absolute Gasteiger partial charge is 0.0541 e. The summed E-state index contributed by atoms with van der Waals surface area (Å²) >= 11 is 0. The van der Waals surface area contributed by atoms with Crippen LogP contribution < -0.4 is 4.90 Å². The molecule has 0 aliphatic carbocycles. The van der Waals surface area contributed by atoms with E-state index in [2.05, 4.69) is 276 Å². The summed E-state index contributed by atoms with van der Waals surface area (Å²) in [5.74, 6) is 0. The SMILES string of the molecule is c1ccc(-c2ccc(N(c3ccc(-c4ccc(-c5ccccc5-n5c6ccccc6c6ccccc65)cc4)cc3)c3ccc(-c4cccc(-c5ccc6ccccc6c5)c4)cc3)cc2)cc1. The van der Waals surface area contributed by atoms with Gasteiger partial charge in [-0.2, -0.15) is 0 Å². The maximum atomic E-state index is 2.41. The Labute approximate surface area is 385 Å². The Balaban J connectivity index is 0.860. The molecule has 0 aliphatic heterocycles. The fourth-order valence-electron chi connectivity index (χ4n) is 9.67. The number of rotatable bonds is 9. The number of benzene rings is 11. The van der Waals surface area contributed by atoms with Crippen LogP contribution in [0, 0.1) is 0 Å². The maximum absolute atomic E-state index is 2.41. The van der Waals surface area contributed by atoms with Crippen LogP contribution in [-0.4, -0.2) is 4.57 Å². The van der Waals surface area contributed by atoms with Crippen LogP contribution in [0.4, 0.5) is 17.1 Å². The van der Waals surface area contributed by atoms with Crippen LogP contribution in [0.25, 0.3) is 93.9 Å². The average molecular weight is 841 g/mol. The van der Waals surface area contributed by atoms with Crippen LogP contribution in [0.1, 0.15) is 0 Å². The highest BCUT2D eigenvalue weighted by molar-refractivity contribution is 6.09. The second kappa shape index (κ2) is 16.8. The van der Waals surface area contributed by atoms with Crippen LogP contribution in [0.3, 0.4) is 0 Å². The van der Waals surface area contributed by atoms with E-state index in [-0.39, 0.29) is 0 Å². The summed E-state index contributed by atoms with van der Waals surface area (Å²) in [5, 5.41) is 5.03. The zero-order valence-corrected chi connectivity index (χ0v) is 36.3. The molecule has 0 saturated carbocycles. The first-order valence-corrected chi connectivity index (χ1v) is 22.7. The van der Waals surface area contributed by atoms with E-state index < -0.39 is 0 Å². The topological polar surface area (TPSA) is 8.17 Å². The summed E-state index contributed by atoms with van der Waals surface area (Å²) < 4.78 is 2.41. The predicted octanol–water partition coefficient (Wildman–Crippen LogP) is 17.7. The minimum Gasteiger partial charge on any atom is -0.311 e. The zero-order valence-electron chi connectivity index (χ0n) is 36.3.